The summed E-state index contributed by atoms with van der Waals surface area (Å²) in [7, 11) is 0. The lowest BCUT2D eigenvalue weighted by Gasteiger charge is -2.38. The van der Waals surface area contributed by atoms with Crippen LogP contribution in [0.1, 0.15) is 26.3 Å². The first-order valence-corrected chi connectivity index (χ1v) is 7.69. The second kappa shape index (κ2) is 6.70. The van der Waals surface area contributed by atoms with E-state index in [9.17, 15) is 0 Å². The fourth-order valence-corrected chi connectivity index (χ4v) is 2.52. The molecule has 1 aromatic carbocycles. The van der Waals surface area contributed by atoms with Crippen LogP contribution in [0.4, 0.5) is 0 Å². The van der Waals surface area contributed by atoms with Gasteiger partial charge in [0, 0.05) is 45.3 Å². The lowest BCUT2D eigenvalue weighted by Crippen LogP contribution is -2.52. The van der Waals surface area contributed by atoms with Gasteiger partial charge in [-0.2, -0.15) is 0 Å². The molecule has 20 heavy (non-hydrogen) atoms. The molecule has 1 saturated heterocycles. The molecule has 1 atom stereocenters. The Morgan fingerprint density at radius 2 is 1.55 bits per heavy atom. The van der Waals surface area contributed by atoms with E-state index < -0.39 is 0 Å². The average molecular weight is 275 g/mol. The Morgan fingerprint density at radius 1 is 1.00 bits per heavy atom. The molecule has 0 aromatic heterocycles. The molecule has 1 aromatic rings. The number of hydrogen-bond acceptors (Lipinski definition) is 3. The molecule has 0 saturated carbocycles. The minimum absolute atomic E-state index is 0.196. The van der Waals surface area contributed by atoms with Gasteiger partial charge >= 0.3 is 0 Å². The van der Waals surface area contributed by atoms with Gasteiger partial charge in [0.25, 0.3) is 0 Å². The average Bonchev–Trinajstić information content (AvgIpc) is 2.41. The summed E-state index contributed by atoms with van der Waals surface area (Å²) in [5, 5.41) is 0. The molecule has 0 radical (unpaired) electrons. The Morgan fingerprint density at radius 3 is 2.10 bits per heavy atom. The Balaban J connectivity index is 1.75. The summed E-state index contributed by atoms with van der Waals surface area (Å²) in [6, 6.07) is 11.0. The largest absolute Gasteiger partial charge is 0.326 e. The molecule has 1 unspecified atom stereocenters. The maximum Gasteiger partial charge on any atom is 0.0234 e. The topological polar surface area (TPSA) is 32.5 Å². The molecule has 2 rings (SSSR count). The first-order valence-electron chi connectivity index (χ1n) is 7.69. The lowest BCUT2D eigenvalue weighted by molar-refractivity contribution is 0.107. The van der Waals surface area contributed by atoms with Gasteiger partial charge in [-0.3, -0.25) is 9.80 Å². The number of piperazine rings is 1. The third kappa shape index (κ3) is 4.58. The summed E-state index contributed by atoms with van der Waals surface area (Å²) in [6.07, 6.45) is 0. The van der Waals surface area contributed by atoms with Crippen LogP contribution in [-0.2, 0) is 6.54 Å². The molecule has 3 heteroatoms. The molecule has 1 aliphatic heterocycles. The molecule has 3 nitrogen and oxygen atoms in total. The van der Waals surface area contributed by atoms with Crippen LogP contribution in [0.25, 0.3) is 0 Å². The molecule has 0 spiro atoms. The van der Waals surface area contributed by atoms with Crippen molar-refractivity contribution in [3.8, 4) is 0 Å². The van der Waals surface area contributed by atoms with Crippen molar-refractivity contribution in [3.63, 3.8) is 0 Å². The predicted molar refractivity (Wildman–Crippen MR) is 85.6 cm³/mol. The molecule has 0 amide bonds. The first kappa shape index (κ1) is 15.5. The van der Waals surface area contributed by atoms with Gasteiger partial charge in [0.05, 0.1) is 0 Å². The van der Waals surface area contributed by atoms with Gasteiger partial charge in [-0.15, -0.1) is 0 Å². The molecule has 1 fully saturated rings. The predicted octanol–water partition coefficient (Wildman–Crippen LogP) is 2.18. The normalized spacial score (nSPS) is 20.0. The van der Waals surface area contributed by atoms with Crippen LogP contribution in [0.2, 0.25) is 0 Å². The van der Waals surface area contributed by atoms with E-state index in [-0.39, 0.29) is 11.5 Å². The Hall–Kier alpha value is -0.900. The summed E-state index contributed by atoms with van der Waals surface area (Å²) < 4.78 is 0. The van der Waals surface area contributed by atoms with E-state index in [0.29, 0.717) is 0 Å². The maximum atomic E-state index is 6.28. The highest BCUT2D eigenvalue weighted by atomic mass is 15.3. The Kier molecular flexibility index (Phi) is 5.19. The van der Waals surface area contributed by atoms with E-state index in [4.69, 9.17) is 5.73 Å². The summed E-state index contributed by atoms with van der Waals surface area (Å²) in [4.78, 5) is 5.05. The second-order valence-electron chi connectivity index (χ2n) is 7.03. The van der Waals surface area contributed by atoms with Gasteiger partial charge < -0.3 is 5.73 Å². The van der Waals surface area contributed by atoms with Gasteiger partial charge in [-0.1, -0.05) is 51.1 Å². The molecule has 0 bridgehead atoms. The summed E-state index contributed by atoms with van der Waals surface area (Å²) in [5.41, 5.74) is 7.89. The van der Waals surface area contributed by atoms with Gasteiger partial charge in [0.2, 0.25) is 0 Å². The quantitative estimate of drug-likeness (QED) is 0.914. The van der Waals surface area contributed by atoms with E-state index in [1.54, 1.807) is 0 Å². The van der Waals surface area contributed by atoms with E-state index in [1.807, 2.05) is 0 Å². The van der Waals surface area contributed by atoms with Gasteiger partial charge in [0.15, 0.2) is 0 Å². The molecule has 112 valence electrons. The highest BCUT2D eigenvalue weighted by Crippen LogP contribution is 2.19. The van der Waals surface area contributed by atoms with Crippen LogP contribution in [-0.4, -0.2) is 48.6 Å². The number of nitrogens with two attached hydrogens (primary N) is 1. The second-order valence-corrected chi connectivity index (χ2v) is 7.03. The summed E-state index contributed by atoms with van der Waals surface area (Å²) >= 11 is 0. The van der Waals surface area contributed by atoms with Crippen molar-refractivity contribution >= 4 is 0 Å². The highest BCUT2D eigenvalue weighted by Gasteiger charge is 2.25. The number of rotatable bonds is 4. The van der Waals surface area contributed by atoms with Crippen LogP contribution >= 0.6 is 0 Å². The SMILES string of the molecule is CC(C)(C)C(N)CN1CCN(Cc2ccccc2)CC1. The van der Waals surface area contributed by atoms with E-state index in [2.05, 4.69) is 60.9 Å². The minimum atomic E-state index is 0.196. The lowest BCUT2D eigenvalue weighted by atomic mass is 9.87. The van der Waals surface area contributed by atoms with Gasteiger partial charge in [0.1, 0.15) is 0 Å². The highest BCUT2D eigenvalue weighted by molar-refractivity contribution is 5.14. The van der Waals surface area contributed by atoms with Gasteiger partial charge in [-0.25, -0.2) is 0 Å². The Bertz CT molecular complexity index is 388. The van der Waals surface area contributed by atoms with Crippen molar-refractivity contribution in [3.05, 3.63) is 35.9 Å². The van der Waals surface area contributed by atoms with Crippen molar-refractivity contribution in [2.24, 2.45) is 11.1 Å². The fraction of sp³-hybridized carbons (Fsp3) is 0.647. The number of hydrogen-bond donors (Lipinski definition) is 1. The van der Waals surface area contributed by atoms with Crippen molar-refractivity contribution in [2.75, 3.05) is 32.7 Å². The van der Waals surface area contributed by atoms with Crippen molar-refractivity contribution in [2.45, 2.75) is 33.4 Å². The van der Waals surface area contributed by atoms with Crippen LogP contribution in [0.15, 0.2) is 30.3 Å². The maximum absolute atomic E-state index is 6.28. The fourth-order valence-electron chi connectivity index (χ4n) is 2.52. The molecular formula is C17H29N3. The monoisotopic (exact) mass is 275 g/mol. The number of benzene rings is 1. The zero-order valence-electron chi connectivity index (χ0n) is 13.2. The third-order valence-corrected chi connectivity index (χ3v) is 4.28. The Labute approximate surface area is 123 Å². The molecule has 2 N–H and O–H groups in total. The van der Waals surface area contributed by atoms with Crippen LogP contribution in [0.3, 0.4) is 0 Å². The zero-order valence-corrected chi connectivity index (χ0v) is 13.2. The third-order valence-electron chi connectivity index (χ3n) is 4.28. The van der Waals surface area contributed by atoms with E-state index >= 15 is 0 Å². The van der Waals surface area contributed by atoms with E-state index in [0.717, 1.165) is 39.3 Å². The number of nitrogens with zero attached hydrogens (tertiary/aromatic N) is 2. The molecule has 1 heterocycles. The van der Waals surface area contributed by atoms with Crippen LogP contribution < -0.4 is 5.73 Å². The van der Waals surface area contributed by atoms with Gasteiger partial charge in [-0.05, 0) is 11.0 Å². The summed E-state index contributed by atoms with van der Waals surface area (Å²) in [5.74, 6) is 0. The summed E-state index contributed by atoms with van der Waals surface area (Å²) in [6.45, 7) is 13.3. The first-order chi connectivity index (χ1) is 9.45. The van der Waals surface area contributed by atoms with Crippen molar-refractivity contribution < 1.29 is 0 Å². The zero-order chi connectivity index (χ0) is 14.6. The standard InChI is InChI=1S/C17H29N3/c1-17(2,3)16(18)14-20-11-9-19(10-12-20)13-15-7-5-4-6-8-15/h4-8,16H,9-14,18H2,1-3H3. The smallest absolute Gasteiger partial charge is 0.0234 e. The minimum Gasteiger partial charge on any atom is -0.326 e. The molecular weight excluding hydrogens is 246 g/mol. The molecule has 0 aliphatic carbocycles. The van der Waals surface area contributed by atoms with E-state index in [1.165, 1.54) is 5.56 Å². The molecule has 1 aliphatic rings. The van der Waals surface area contributed by atoms with Crippen LogP contribution in [0.5, 0.6) is 0 Å². The van der Waals surface area contributed by atoms with Crippen molar-refractivity contribution in [1.29, 1.82) is 0 Å². The van der Waals surface area contributed by atoms with Crippen molar-refractivity contribution in [1.82, 2.24) is 9.80 Å². The van der Waals surface area contributed by atoms with Crippen LogP contribution in [0, 0.1) is 5.41 Å².